The molecule has 0 amide bonds. The van der Waals surface area contributed by atoms with Crippen LogP contribution in [0, 0.1) is 0 Å². The van der Waals surface area contributed by atoms with Gasteiger partial charge in [0.05, 0.1) is 12.2 Å². The van der Waals surface area contributed by atoms with Gasteiger partial charge in [0.1, 0.15) is 0 Å². The molecule has 0 aliphatic carbocycles. The first kappa shape index (κ1) is 9.92. The summed E-state index contributed by atoms with van der Waals surface area (Å²) in [5, 5.41) is 9.15. The molecule has 2 atom stereocenters. The Morgan fingerprint density at radius 2 is 2.00 bits per heavy atom. The summed E-state index contributed by atoms with van der Waals surface area (Å²) in [6.07, 6.45) is 2.78. The van der Waals surface area contributed by atoms with E-state index >= 15 is 0 Å². The maximum atomic E-state index is 9.15. The summed E-state index contributed by atoms with van der Waals surface area (Å²) in [6.45, 7) is 4.00. The number of hydrogen-bond acceptors (Lipinski definition) is 2. The lowest BCUT2D eigenvalue weighted by Crippen LogP contribution is -2.11. The Labute approximate surface area is 63.2 Å². The maximum absolute atomic E-state index is 9.15. The first-order valence-electron chi connectivity index (χ1n) is 3.91. The van der Waals surface area contributed by atoms with Gasteiger partial charge in [0.25, 0.3) is 0 Å². The normalized spacial score (nSPS) is 16.8. The molecule has 0 aromatic rings. The van der Waals surface area contributed by atoms with Crippen LogP contribution in [0.4, 0.5) is 0 Å². The van der Waals surface area contributed by atoms with Crippen LogP contribution in [0.3, 0.4) is 0 Å². The molecule has 2 heteroatoms. The minimum absolute atomic E-state index is 0.141. The van der Waals surface area contributed by atoms with Gasteiger partial charge in [-0.2, -0.15) is 0 Å². The Morgan fingerprint density at radius 1 is 1.40 bits per heavy atom. The minimum atomic E-state index is -0.141. The standard InChI is InChI=1S/C8H18O2/c1-4-8(9)6-5-7(2)10-3/h7-9H,4-6H2,1-3H3. The molecule has 0 rings (SSSR count). The van der Waals surface area contributed by atoms with Gasteiger partial charge in [-0.05, 0) is 26.2 Å². The molecule has 0 aromatic heterocycles. The molecule has 1 N–H and O–H groups in total. The van der Waals surface area contributed by atoms with Crippen LogP contribution < -0.4 is 0 Å². The van der Waals surface area contributed by atoms with E-state index in [4.69, 9.17) is 9.84 Å². The van der Waals surface area contributed by atoms with Gasteiger partial charge in [-0.3, -0.25) is 0 Å². The van der Waals surface area contributed by atoms with Crippen molar-refractivity contribution < 1.29 is 9.84 Å². The lowest BCUT2D eigenvalue weighted by Gasteiger charge is -2.11. The number of methoxy groups -OCH3 is 1. The second kappa shape index (κ2) is 5.69. The van der Waals surface area contributed by atoms with Crippen LogP contribution in [-0.4, -0.2) is 24.4 Å². The summed E-state index contributed by atoms with van der Waals surface area (Å²) >= 11 is 0. The maximum Gasteiger partial charge on any atom is 0.0544 e. The molecule has 2 nitrogen and oxygen atoms in total. The molecule has 0 radical (unpaired) electrons. The Bertz CT molecular complexity index is 63.7. The summed E-state index contributed by atoms with van der Waals surface area (Å²) in [5.74, 6) is 0. The van der Waals surface area contributed by atoms with Crippen molar-refractivity contribution in [3.63, 3.8) is 0 Å². The minimum Gasteiger partial charge on any atom is -0.393 e. The highest BCUT2D eigenvalue weighted by atomic mass is 16.5. The highest BCUT2D eigenvalue weighted by Crippen LogP contribution is 2.05. The van der Waals surface area contributed by atoms with Gasteiger partial charge in [-0.25, -0.2) is 0 Å². The lowest BCUT2D eigenvalue weighted by molar-refractivity contribution is 0.0840. The van der Waals surface area contributed by atoms with Crippen molar-refractivity contribution in [2.24, 2.45) is 0 Å². The van der Waals surface area contributed by atoms with Crippen LogP contribution in [0.15, 0.2) is 0 Å². The Balaban J connectivity index is 3.17. The van der Waals surface area contributed by atoms with E-state index in [-0.39, 0.29) is 12.2 Å². The number of ether oxygens (including phenoxy) is 1. The quantitative estimate of drug-likeness (QED) is 0.638. The van der Waals surface area contributed by atoms with Gasteiger partial charge in [0.2, 0.25) is 0 Å². The van der Waals surface area contributed by atoms with Crippen LogP contribution >= 0.6 is 0 Å². The van der Waals surface area contributed by atoms with Crippen LogP contribution in [-0.2, 0) is 4.74 Å². The van der Waals surface area contributed by atoms with Gasteiger partial charge in [0, 0.05) is 7.11 Å². The Kier molecular flexibility index (Phi) is 5.64. The molecule has 0 saturated heterocycles. The number of aliphatic hydroxyl groups is 1. The predicted octanol–water partition coefficient (Wildman–Crippen LogP) is 1.57. The Morgan fingerprint density at radius 3 is 2.40 bits per heavy atom. The fourth-order valence-electron chi connectivity index (χ4n) is 0.749. The van der Waals surface area contributed by atoms with E-state index in [0.29, 0.717) is 0 Å². The zero-order valence-electron chi connectivity index (χ0n) is 7.13. The van der Waals surface area contributed by atoms with Crippen LogP contribution in [0.1, 0.15) is 33.1 Å². The van der Waals surface area contributed by atoms with Gasteiger partial charge in [0.15, 0.2) is 0 Å². The Hall–Kier alpha value is -0.0800. The fraction of sp³-hybridized carbons (Fsp3) is 1.00. The molecule has 0 bridgehead atoms. The van der Waals surface area contributed by atoms with Gasteiger partial charge in [-0.15, -0.1) is 0 Å². The third kappa shape index (κ3) is 4.77. The summed E-state index contributed by atoms with van der Waals surface area (Å²) in [7, 11) is 1.70. The van der Waals surface area contributed by atoms with Crippen molar-refractivity contribution in [1.82, 2.24) is 0 Å². The highest BCUT2D eigenvalue weighted by molar-refractivity contribution is 4.56. The van der Waals surface area contributed by atoms with Crippen molar-refractivity contribution in [2.75, 3.05) is 7.11 Å². The van der Waals surface area contributed by atoms with Crippen LogP contribution in [0.25, 0.3) is 0 Å². The number of hydrogen-bond donors (Lipinski definition) is 1. The van der Waals surface area contributed by atoms with Crippen molar-refractivity contribution in [1.29, 1.82) is 0 Å². The van der Waals surface area contributed by atoms with Crippen molar-refractivity contribution in [2.45, 2.75) is 45.3 Å². The molecule has 0 spiro atoms. The van der Waals surface area contributed by atoms with Crippen molar-refractivity contribution in [3.8, 4) is 0 Å². The first-order chi connectivity index (χ1) is 4.70. The highest BCUT2D eigenvalue weighted by Gasteiger charge is 2.03. The lowest BCUT2D eigenvalue weighted by atomic mass is 10.1. The fourth-order valence-corrected chi connectivity index (χ4v) is 0.749. The summed E-state index contributed by atoms with van der Waals surface area (Å²) in [5.41, 5.74) is 0. The first-order valence-corrected chi connectivity index (χ1v) is 3.91. The van der Waals surface area contributed by atoms with E-state index in [1.54, 1.807) is 7.11 Å². The van der Waals surface area contributed by atoms with E-state index in [2.05, 4.69) is 0 Å². The van der Waals surface area contributed by atoms with E-state index in [1.165, 1.54) is 0 Å². The zero-order valence-corrected chi connectivity index (χ0v) is 7.13. The molecular weight excluding hydrogens is 128 g/mol. The SMILES string of the molecule is CCC(O)CCC(C)OC. The predicted molar refractivity (Wildman–Crippen MR) is 42.0 cm³/mol. The second-order valence-corrected chi connectivity index (χ2v) is 2.69. The molecule has 0 fully saturated rings. The van der Waals surface area contributed by atoms with Gasteiger partial charge < -0.3 is 9.84 Å². The molecule has 0 aromatic carbocycles. The monoisotopic (exact) mass is 146 g/mol. The number of rotatable bonds is 5. The number of aliphatic hydroxyl groups excluding tert-OH is 1. The largest absolute Gasteiger partial charge is 0.393 e. The average molecular weight is 146 g/mol. The molecule has 0 heterocycles. The summed E-state index contributed by atoms with van der Waals surface area (Å²) in [4.78, 5) is 0. The van der Waals surface area contributed by atoms with Gasteiger partial charge >= 0.3 is 0 Å². The topological polar surface area (TPSA) is 29.5 Å². The summed E-state index contributed by atoms with van der Waals surface area (Å²) < 4.78 is 5.03. The summed E-state index contributed by atoms with van der Waals surface area (Å²) in [6, 6.07) is 0. The molecular formula is C8H18O2. The third-order valence-electron chi connectivity index (χ3n) is 1.78. The third-order valence-corrected chi connectivity index (χ3v) is 1.78. The molecule has 10 heavy (non-hydrogen) atoms. The van der Waals surface area contributed by atoms with Crippen molar-refractivity contribution in [3.05, 3.63) is 0 Å². The van der Waals surface area contributed by atoms with E-state index in [1.807, 2.05) is 13.8 Å². The molecule has 62 valence electrons. The second-order valence-electron chi connectivity index (χ2n) is 2.69. The van der Waals surface area contributed by atoms with Crippen molar-refractivity contribution >= 4 is 0 Å². The zero-order chi connectivity index (χ0) is 7.98. The molecule has 2 unspecified atom stereocenters. The smallest absolute Gasteiger partial charge is 0.0544 e. The molecule has 0 aliphatic rings. The van der Waals surface area contributed by atoms with Gasteiger partial charge in [-0.1, -0.05) is 6.92 Å². The van der Waals surface area contributed by atoms with Crippen LogP contribution in [0.2, 0.25) is 0 Å². The van der Waals surface area contributed by atoms with E-state index in [0.717, 1.165) is 19.3 Å². The van der Waals surface area contributed by atoms with E-state index < -0.39 is 0 Å². The van der Waals surface area contributed by atoms with Crippen LogP contribution in [0.5, 0.6) is 0 Å². The molecule has 0 saturated carbocycles. The molecule has 0 aliphatic heterocycles. The average Bonchev–Trinajstić information content (AvgIpc) is 1.99. The van der Waals surface area contributed by atoms with E-state index in [9.17, 15) is 0 Å².